The third-order valence-electron chi connectivity index (χ3n) is 5.01. The van der Waals surface area contributed by atoms with Crippen molar-refractivity contribution in [3.8, 4) is 5.75 Å². The molecule has 1 aliphatic carbocycles. The Hall–Kier alpha value is -1.89. The van der Waals surface area contributed by atoms with Crippen molar-refractivity contribution in [3.63, 3.8) is 0 Å². The van der Waals surface area contributed by atoms with Crippen molar-refractivity contribution < 1.29 is 14.6 Å². The molecule has 1 unspecified atom stereocenters. The Morgan fingerprint density at radius 1 is 1.26 bits per heavy atom. The maximum atomic E-state index is 11.9. The molecule has 2 N–H and O–H groups in total. The first kappa shape index (κ1) is 19.9. The van der Waals surface area contributed by atoms with E-state index in [0.29, 0.717) is 19.1 Å². The lowest BCUT2D eigenvalue weighted by molar-refractivity contribution is -0.122. The van der Waals surface area contributed by atoms with Gasteiger partial charge in [0.05, 0.1) is 6.54 Å². The number of carbonyl (C=O) groups is 1. The maximum absolute atomic E-state index is 11.9. The molecule has 2 fully saturated rings. The van der Waals surface area contributed by atoms with Gasteiger partial charge in [-0.25, -0.2) is 0 Å². The van der Waals surface area contributed by atoms with Gasteiger partial charge in [0, 0.05) is 38.8 Å². The van der Waals surface area contributed by atoms with Crippen LogP contribution in [-0.2, 0) is 11.2 Å². The second kappa shape index (κ2) is 9.88. The average molecular weight is 373 g/mol. The Morgan fingerprint density at radius 2 is 1.96 bits per heavy atom. The SMILES string of the molecule is C=CCc1ccccc1OCC(O)CN1CCN(CC(=O)NC2CC2)CC1. The topological polar surface area (TPSA) is 65.0 Å². The second-order valence-electron chi connectivity index (χ2n) is 7.48. The zero-order valence-electron chi connectivity index (χ0n) is 16.0. The molecule has 1 aliphatic heterocycles. The smallest absolute Gasteiger partial charge is 0.234 e. The molecule has 1 aromatic rings. The van der Waals surface area contributed by atoms with Gasteiger partial charge in [-0.15, -0.1) is 6.58 Å². The number of hydrogen-bond donors (Lipinski definition) is 2. The highest BCUT2D eigenvalue weighted by molar-refractivity contribution is 5.78. The average Bonchev–Trinajstić information content (AvgIpc) is 3.47. The molecule has 6 heteroatoms. The summed E-state index contributed by atoms with van der Waals surface area (Å²) >= 11 is 0. The van der Waals surface area contributed by atoms with Crippen LogP contribution in [0.25, 0.3) is 0 Å². The van der Waals surface area contributed by atoms with Gasteiger partial charge in [0.25, 0.3) is 0 Å². The number of allylic oxidation sites excluding steroid dienone is 1. The normalized spacial score (nSPS) is 19.4. The van der Waals surface area contributed by atoms with E-state index in [1.807, 2.05) is 30.3 Å². The van der Waals surface area contributed by atoms with Gasteiger partial charge >= 0.3 is 0 Å². The third kappa shape index (κ3) is 6.65. The van der Waals surface area contributed by atoms with Crippen LogP contribution in [0.15, 0.2) is 36.9 Å². The van der Waals surface area contributed by atoms with Crippen molar-refractivity contribution in [2.45, 2.75) is 31.4 Å². The van der Waals surface area contributed by atoms with Gasteiger partial charge in [-0.2, -0.15) is 0 Å². The zero-order chi connectivity index (χ0) is 19.1. The molecule has 0 spiro atoms. The van der Waals surface area contributed by atoms with Gasteiger partial charge in [-0.05, 0) is 30.9 Å². The molecule has 1 heterocycles. The number of piperazine rings is 1. The van der Waals surface area contributed by atoms with Crippen LogP contribution in [0.1, 0.15) is 18.4 Å². The molecule has 6 nitrogen and oxygen atoms in total. The second-order valence-corrected chi connectivity index (χ2v) is 7.48. The lowest BCUT2D eigenvalue weighted by Crippen LogP contribution is -2.51. The number of carbonyl (C=O) groups excluding carboxylic acids is 1. The minimum Gasteiger partial charge on any atom is -0.491 e. The van der Waals surface area contributed by atoms with Crippen molar-refractivity contribution in [2.24, 2.45) is 0 Å². The molecular formula is C21H31N3O3. The summed E-state index contributed by atoms with van der Waals surface area (Å²) in [5.74, 6) is 0.945. The van der Waals surface area contributed by atoms with Crippen LogP contribution in [-0.4, -0.2) is 78.8 Å². The molecule has 3 rings (SSSR count). The van der Waals surface area contributed by atoms with Crippen LogP contribution in [0.2, 0.25) is 0 Å². The van der Waals surface area contributed by atoms with Gasteiger partial charge in [0.1, 0.15) is 18.5 Å². The van der Waals surface area contributed by atoms with Crippen LogP contribution in [0.4, 0.5) is 0 Å². The number of β-amino-alcohol motifs (C(OH)–C–C–N with tert-alkyl or cyclic N) is 1. The van der Waals surface area contributed by atoms with Crippen molar-refractivity contribution in [1.29, 1.82) is 0 Å². The van der Waals surface area contributed by atoms with E-state index in [1.165, 1.54) is 0 Å². The highest BCUT2D eigenvalue weighted by Crippen LogP contribution is 2.19. The van der Waals surface area contributed by atoms with Crippen molar-refractivity contribution in [1.82, 2.24) is 15.1 Å². The molecular weight excluding hydrogens is 342 g/mol. The summed E-state index contributed by atoms with van der Waals surface area (Å²) < 4.78 is 5.82. The summed E-state index contributed by atoms with van der Waals surface area (Å²) in [6.45, 7) is 8.55. The number of aliphatic hydroxyl groups excluding tert-OH is 1. The Morgan fingerprint density at radius 3 is 2.67 bits per heavy atom. The molecule has 2 aliphatic rings. The van der Waals surface area contributed by atoms with E-state index in [9.17, 15) is 9.90 Å². The quantitative estimate of drug-likeness (QED) is 0.600. The number of hydrogen-bond acceptors (Lipinski definition) is 5. The molecule has 0 radical (unpaired) electrons. The lowest BCUT2D eigenvalue weighted by atomic mass is 10.1. The van der Waals surface area contributed by atoms with Gasteiger partial charge in [-0.1, -0.05) is 24.3 Å². The van der Waals surface area contributed by atoms with Crippen molar-refractivity contribution in [2.75, 3.05) is 45.9 Å². The summed E-state index contributed by atoms with van der Waals surface area (Å²) in [4.78, 5) is 16.3. The summed E-state index contributed by atoms with van der Waals surface area (Å²) in [5.41, 5.74) is 1.08. The number of nitrogens with one attached hydrogen (secondary N) is 1. The first-order chi connectivity index (χ1) is 13.1. The van der Waals surface area contributed by atoms with Gasteiger partial charge in [-0.3, -0.25) is 14.6 Å². The predicted octanol–water partition coefficient (Wildman–Crippen LogP) is 1.05. The number of rotatable bonds is 10. The van der Waals surface area contributed by atoms with Crippen molar-refractivity contribution >= 4 is 5.91 Å². The Bertz CT molecular complexity index is 625. The number of aliphatic hydroxyl groups is 1. The van der Waals surface area contributed by atoms with Crippen LogP contribution in [0, 0.1) is 0 Å². The first-order valence-corrected chi connectivity index (χ1v) is 9.88. The monoisotopic (exact) mass is 373 g/mol. The standard InChI is InChI=1S/C21H31N3O3/c1-2-5-17-6-3-4-7-20(17)27-16-19(25)14-23-10-12-24(13-11-23)15-21(26)22-18-8-9-18/h2-4,6-7,18-19,25H,1,5,8-16H2,(H,22,26). The Labute approximate surface area is 161 Å². The predicted molar refractivity (Wildman–Crippen MR) is 106 cm³/mol. The number of nitrogens with zero attached hydrogens (tertiary/aromatic N) is 2. The molecule has 1 atom stereocenters. The fraction of sp³-hybridized carbons (Fsp3) is 0.571. The Kier molecular flexibility index (Phi) is 7.26. The number of para-hydroxylation sites is 1. The molecule has 1 saturated carbocycles. The van der Waals surface area contributed by atoms with Gasteiger partial charge in [0.15, 0.2) is 0 Å². The van der Waals surface area contributed by atoms with E-state index < -0.39 is 6.10 Å². The van der Waals surface area contributed by atoms with Gasteiger partial charge in [0.2, 0.25) is 5.91 Å². The van der Waals surface area contributed by atoms with Crippen LogP contribution >= 0.6 is 0 Å². The molecule has 1 saturated heterocycles. The van der Waals surface area contributed by atoms with Crippen LogP contribution < -0.4 is 10.1 Å². The molecule has 27 heavy (non-hydrogen) atoms. The molecule has 1 aromatic carbocycles. The van der Waals surface area contributed by atoms with E-state index in [4.69, 9.17) is 4.74 Å². The molecule has 148 valence electrons. The van der Waals surface area contributed by atoms with Gasteiger partial charge < -0.3 is 15.2 Å². The van der Waals surface area contributed by atoms with E-state index in [0.717, 1.165) is 56.8 Å². The molecule has 1 amide bonds. The highest BCUT2D eigenvalue weighted by atomic mass is 16.5. The minimum atomic E-state index is -0.536. The lowest BCUT2D eigenvalue weighted by Gasteiger charge is -2.35. The number of amides is 1. The Balaban J connectivity index is 1.35. The highest BCUT2D eigenvalue weighted by Gasteiger charge is 2.25. The van der Waals surface area contributed by atoms with Crippen LogP contribution in [0.5, 0.6) is 5.75 Å². The summed E-state index contributed by atoms with van der Waals surface area (Å²) in [6, 6.07) is 8.28. The van der Waals surface area contributed by atoms with E-state index in [2.05, 4.69) is 21.7 Å². The zero-order valence-corrected chi connectivity index (χ0v) is 16.0. The van der Waals surface area contributed by atoms with E-state index in [-0.39, 0.29) is 12.5 Å². The molecule has 0 bridgehead atoms. The minimum absolute atomic E-state index is 0.137. The summed E-state index contributed by atoms with van der Waals surface area (Å²) in [6.07, 6.45) is 4.31. The van der Waals surface area contributed by atoms with E-state index >= 15 is 0 Å². The maximum Gasteiger partial charge on any atom is 0.234 e. The van der Waals surface area contributed by atoms with Crippen molar-refractivity contribution in [3.05, 3.63) is 42.5 Å². The van der Waals surface area contributed by atoms with Crippen LogP contribution in [0.3, 0.4) is 0 Å². The fourth-order valence-electron chi connectivity index (χ4n) is 3.34. The largest absolute Gasteiger partial charge is 0.491 e. The summed E-state index contributed by atoms with van der Waals surface area (Å²) in [7, 11) is 0. The number of benzene rings is 1. The fourth-order valence-corrected chi connectivity index (χ4v) is 3.34. The first-order valence-electron chi connectivity index (χ1n) is 9.88. The number of ether oxygens (including phenoxy) is 1. The summed E-state index contributed by atoms with van der Waals surface area (Å²) in [5, 5.41) is 13.4. The van der Waals surface area contributed by atoms with E-state index in [1.54, 1.807) is 0 Å². The third-order valence-corrected chi connectivity index (χ3v) is 5.01. The molecule has 0 aromatic heterocycles.